The zero-order valence-electron chi connectivity index (χ0n) is 63.3. The second-order valence-electron chi connectivity index (χ2n) is 29.0. The van der Waals surface area contributed by atoms with Crippen molar-refractivity contribution in [3.8, 4) is 45.6 Å². The molecule has 0 saturated heterocycles. The number of unbranched alkanes of at least 4 members (excludes halogenated alkanes) is 8. The van der Waals surface area contributed by atoms with Crippen molar-refractivity contribution in [3.63, 3.8) is 0 Å². The molecule has 20 heteroatoms. The van der Waals surface area contributed by atoms with Gasteiger partial charge >= 0.3 is 0 Å². The third-order valence-electron chi connectivity index (χ3n) is 21.5. The van der Waals surface area contributed by atoms with Crippen molar-refractivity contribution in [1.29, 1.82) is 0 Å². The number of fused-ring (bicyclic) bond motifs is 24. The maximum absolute atomic E-state index is 6.35. The lowest BCUT2D eigenvalue weighted by Gasteiger charge is -2.18. The highest BCUT2D eigenvalue weighted by atomic mass is 33.1. The van der Waals surface area contributed by atoms with Crippen molar-refractivity contribution < 1.29 is 0 Å². The Bertz CT molecular complexity index is 4840. The maximum atomic E-state index is 6.35. The van der Waals surface area contributed by atoms with Crippen LogP contribution in [0.15, 0.2) is 160 Å². The van der Waals surface area contributed by atoms with E-state index in [1.807, 2.05) is 0 Å². The summed E-state index contributed by atoms with van der Waals surface area (Å²) >= 11 is 17.0. The first kappa shape index (κ1) is 76.3. The topological polar surface area (TPSA) is 109 Å². The minimum Gasteiger partial charge on any atom is -0.324 e. The molecule has 0 saturated carbocycles. The normalized spacial score (nSPS) is 16.7. The van der Waals surface area contributed by atoms with Crippen LogP contribution < -0.4 is 21.2 Å². The lowest BCUT2D eigenvalue weighted by molar-refractivity contribution is 0.764. The fraction of sp³-hybridized carbons (Fsp3) is 0.364. The molecule has 9 heterocycles. The zero-order valence-corrected chi connectivity index (χ0v) is 73.4. The molecule has 8 bridgehead atoms. The molecule has 6 aliphatic heterocycles. The van der Waals surface area contributed by atoms with Gasteiger partial charge in [-0.1, -0.05) is 319 Å². The summed E-state index contributed by atoms with van der Waals surface area (Å²) in [5.41, 5.74) is 19.3. The predicted octanol–water partition coefficient (Wildman–Crippen LogP) is 29.0. The first-order chi connectivity index (χ1) is 53.3. The molecule has 3 aromatic heterocycles. The molecule has 554 valence electrons. The number of nitrogens with one attached hydrogen (secondary N) is 2. The van der Waals surface area contributed by atoms with Crippen molar-refractivity contribution in [2.45, 2.75) is 249 Å². The average molecular weight is 1640 g/mol. The van der Waals surface area contributed by atoms with Crippen molar-refractivity contribution in [1.82, 2.24) is 39.9 Å². The van der Waals surface area contributed by atoms with Gasteiger partial charge in [-0.3, -0.25) is 0 Å². The second-order valence-corrected chi connectivity index (χ2v) is 53.8. The molecule has 2 N–H and O–H groups in total. The highest BCUT2D eigenvalue weighted by Gasteiger charge is 2.42. The average Bonchev–Trinajstić information content (AvgIpc) is 1.55. The fourth-order valence-corrected chi connectivity index (χ4v) is 48.1. The number of hydrogen-bond acceptors (Lipinski definition) is 14. The molecule has 0 aliphatic carbocycles. The maximum Gasteiger partial charge on any atom is 0.165 e. The van der Waals surface area contributed by atoms with Crippen LogP contribution in [0, 0.1) is 0 Å². The first-order valence-corrected chi connectivity index (χ1v) is 56.5. The Balaban J connectivity index is 1.08. The van der Waals surface area contributed by atoms with E-state index in [0.717, 1.165) is 200 Å². The second kappa shape index (κ2) is 34.4. The van der Waals surface area contributed by atoms with Crippen LogP contribution in [0.2, 0.25) is 0 Å². The molecule has 0 unspecified atom stereocenters. The quantitative estimate of drug-likeness (QED) is 0.0454. The van der Waals surface area contributed by atoms with Crippen molar-refractivity contribution in [3.05, 3.63) is 166 Å². The van der Waals surface area contributed by atoms with Gasteiger partial charge in [0.25, 0.3) is 0 Å². The number of H-pyrrole nitrogens is 2. The van der Waals surface area contributed by atoms with Crippen LogP contribution >= 0.6 is 116 Å². The molecule has 8 aromatic carbocycles. The van der Waals surface area contributed by atoms with Gasteiger partial charge < -0.3 is 9.97 Å². The molecule has 6 aliphatic rings. The summed E-state index contributed by atoms with van der Waals surface area (Å²) in [6.45, 7) is 18.9. The first-order valence-electron chi connectivity index (χ1n) is 39.8. The number of aryl methyl sites for hydroxylation is 4. The Kier molecular flexibility index (Phi) is 24.3. The van der Waals surface area contributed by atoms with Crippen LogP contribution in [-0.2, 0) is 51.4 Å². The molecule has 0 amide bonds. The predicted molar refractivity (Wildman–Crippen MR) is 484 cm³/mol. The summed E-state index contributed by atoms with van der Waals surface area (Å²) in [5.74, 6) is 3.07. The van der Waals surface area contributed by atoms with Crippen LogP contribution in [0.1, 0.15) is 203 Å². The summed E-state index contributed by atoms with van der Waals surface area (Å²) < 4.78 is 0. The monoisotopic (exact) mass is 1640 g/mol. The van der Waals surface area contributed by atoms with Crippen molar-refractivity contribution in [2.75, 3.05) is 0 Å². The Morgan fingerprint density at radius 3 is 0.593 bits per heavy atom. The third kappa shape index (κ3) is 14.4. The number of nitrogens with zero attached hydrogens (tertiary/aromatic N) is 6. The summed E-state index contributed by atoms with van der Waals surface area (Å²) in [7, 11) is 0. The number of hydrogen-bond donors (Lipinski definition) is 2. The van der Waals surface area contributed by atoms with E-state index in [0.29, 0.717) is 0 Å². The highest BCUT2D eigenvalue weighted by Crippen LogP contribution is 2.79. The van der Waals surface area contributed by atoms with Crippen LogP contribution in [0.5, 0.6) is 0 Å². The molecule has 0 spiro atoms. The number of benzene rings is 8. The van der Waals surface area contributed by atoms with Gasteiger partial charge in [0.15, 0.2) is 23.3 Å². The smallest absolute Gasteiger partial charge is 0.165 e. The van der Waals surface area contributed by atoms with Crippen molar-refractivity contribution in [2.24, 2.45) is 0 Å². The molecule has 17 rings (SSSR count). The Hall–Kier alpha value is -4.36. The zero-order chi connectivity index (χ0) is 73.5. The Morgan fingerprint density at radius 1 is 0.231 bits per heavy atom. The van der Waals surface area contributed by atoms with E-state index in [4.69, 9.17) is 29.9 Å². The van der Waals surface area contributed by atoms with Gasteiger partial charge in [-0.25, -0.2) is 29.9 Å². The van der Waals surface area contributed by atoms with E-state index >= 15 is 0 Å². The van der Waals surface area contributed by atoms with Crippen LogP contribution in [0.3, 0.4) is 0 Å². The van der Waals surface area contributed by atoms with Crippen LogP contribution in [0.4, 0.5) is 0 Å². The van der Waals surface area contributed by atoms with Gasteiger partial charge in [0.2, 0.25) is 0 Å². The Labute approximate surface area is 675 Å². The number of aromatic nitrogens is 8. The molecule has 0 radical (unpaired) electrons. The molecular weight excluding hydrogens is 1550 g/mol. The van der Waals surface area contributed by atoms with E-state index in [-0.39, 0.29) is 0 Å². The van der Waals surface area contributed by atoms with Gasteiger partial charge in [-0.15, -0.1) is 0 Å². The molecular formula is C88H94N8P4S8. The standard InChI is InChI=1S/C88H94N8P4S8/c1-9-17-45-57-65-66(58(46-18-10-2)74-73(57)101-97(102-74)53-37-29-25-30-38-53)82-89-81(65)93-83-67-59(47-19-11-3)75-76(104-98(103-75)54-39-31-26-32-40-54)60(48-20-12-4)68(67)85(90-83)95-87-71-63(51-23-15-7)79-80(108-100(107-79)56-43-35-28-36-44-56)64(52-24-16-8)72(71)88(92-87)96-86-70-62(50-22-14-6)78-77(105-99(106-78)55-41-33-27-34-42-55)61(49-21-13-5)69(70)84(91-86)94-82/h25-44H,9-24,45-52H2,1-8H3,(H2,89,90,91,92,93,94,95,96). The van der Waals surface area contributed by atoms with E-state index in [1.165, 1.54) is 149 Å². The van der Waals surface area contributed by atoms with Crippen LogP contribution in [-0.4, -0.2) is 39.9 Å². The van der Waals surface area contributed by atoms with Gasteiger partial charge in [-0.2, -0.15) is 0 Å². The van der Waals surface area contributed by atoms with Crippen LogP contribution in [0.25, 0.3) is 89.7 Å². The lowest BCUT2D eigenvalue weighted by atomic mass is 9.91. The van der Waals surface area contributed by atoms with E-state index in [9.17, 15) is 0 Å². The molecule has 0 fully saturated rings. The largest absolute Gasteiger partial charge is 0.324 e. The summed E-state index contributed by atoms with van der Waals surface area (Å²) in [4.78, 5) is 57.8. The third-order valence-corrected chi connectivity index (χ3v) is 50.1. The minimum absolute atomic E-state index is 0.670. The van der Waals surface area contributed by atoms with Gasteiger partial charge in [0.05, 0.1) is 25.3 Å². The summed E-state index contributed by atoms with van der Waals surface area (Å²) in [5, 5.41) is 10.5. The number of rotatable bonds is 28. The Morgan fingerprint density at radius 2 is 0.407 bits per heavy atom. The molecule has 11 aromatic rings. The highest BCUT2D eigenvalue weighted by molar-refractivity contribution is 8.92. The number of aromatic amines is 2. The van der Waals surface area contributed by atoms with E-state index in [1.54, 1.807) is 0 Å². The summed E-state index contributed by atoms with van der Waals surface area (Å²) in [6.07, 6.45) is 21.8. The fourth-order valence-electron chi connectivity index (χ4n) is 16.1. The minimum atomic E-state index is -0.671. The lowest BCUT2D eigenvalue weighted by Crippen LogP contribution is -2.02. The SMILES string of the molecule is CCCCc1c2c(c(CCCC)c3c1-c1nc-3nc3[nH]c(nc4nc(nc5[nH]c(n1)c1c(CCCC)c6c(c(CCCC)c51)SP(c1ccccc1)S6)-c1c(CCCC)c5c(c(CCCC)c1-4)SP(c1ccccc1)S5)c1c(CCCC)c4c(c(CCCC)c31)SP(c1ccccc1)S4)SP(c1ccccc1)S2. The van der Waals surface area contributed by atoms with Crippen molar-refractivity contribution >= 4 is 182 Å². The van der Waals surface area contributed by atoms with Gasteiger partial charge in [0.1, 0.15) is 22.6 Å². The summed E-state index contributed by atoms with van der Waals surface area (Å²) in [6, 6.07) is 45.5. The molecule has 8 nitrogen and oxygen atoms in total. The molecule has 0 atom stereocenters. The van der Waals surface area contributed by atoms with Gasteiger partial charge in [0, 0.05) is 83.0 Å². The van der Waals surface area contributed by atoms with Gasteiger partial charge in [-0.05, 0) is 168 Å². The molecule has 108 heavy (non-hydrogen) atoms. The van der Waals surface area contributed by atoms with E-state index < -0.39 is 25.3 Å². The van der Waals surface area contributed by atoms with E-state index in [2.05, 4.69) is 278 Å².